The van der Waals surface area contributed by atoms with Gasteiger partial charge in [-0.2, -0.15) is 5.10 Å². The van der Waals surface area contributed by atoms with E-state index in [1.807, 2.05) is 22.9 Å². The summed E-state index contributed by atoms with van der Waals surface area (Å²) in [6, 6.07) is 5.79. The molecule has 0 aromatic carbocycles. The van der Waals surface area contributed by atoms with Crippen LogP contribution in [0.5, 0.6) is 0 Å². The molecule has 0 saturated heterocycles. The van der Waals surface area contributed by atoms with Gasteiger partial charge in [0, 0.05) is 18.0 Å². The van der Waals surface area contributed by atoms with Crippen molar-refractivity contribution in [3.05, 3.63) is 24.5 Å². The molecule has 2 fully saturated rings. The number of furan rings is 1. The third-order valence-corrected chi connectivity index (χ3v) is 5.11. The van der Waals surface area contributed by atoms with Crippen LogP contribution in [-0.2, 0) is 4.79 Å². The highest BCUT2D eigenvalue weighted by atomic mass is 16.3. The molecular weight excluding hydrogens is 278 g/mol. The lowest BCUT2D eigenvalue weighted by Gasteiger charge is -2.26. The smallest absolute Gasteiger partial charge is 0.229 e. The second-order valence-corrected chi connectivity index (χ2v) is 6.89. The number of nitrogens with zero attached hydrogens (tertiary/aromatic N) is 2. The molecule has 1 amide bonds. The van der Waals surface area contributed by atoms with E-state index in [0.717, 1.165) is 23.7 Å². The first-order chi connectivity index (χ1) is 10.6. The zero-order valence-corrected chi connectivity index (χ0v) is 13.0. The molecule has 5 heteroatoms. The van der Waals surface area contributed by atoms with Crippen LogP contribution in [0.15, 0.2) is 28.9 Å². The highest BCUT2D eigenvalue weighted by Gasteiger charge is 2.60. The Morgan fingerprint density at radius 2 is 2.32 bits per heavy atom. The monoisotopic (exact) mass is 299 g/mol. The average molecular weight is 299 g/mol. The lowest BCUT2D eigenvalue weighted by atomic mass is 9.80. The molecule has 1 N–H and O–H groups in total. The van der Waals surface area contributed by atoms with Gasteiger partial charge in [-0.3, -0.25) is 4.79 Å². The maximum atomic E-state index is 12.5. The van der Waals surface area contributed by atoms with Gasteiger partial charge in [-0.25, -0.2) is 4.68 Å². The van der Waals surface area contributed by atoms with E-state index in [-0.39, 0.29) is 17.9 Å². The Morgan fingerprint density at radius 3 is 2.86 bits per heavy atom. The number of anilines is 1. The maximum Gasteiger partial charge on any atom is 0.229 e. The summed E-state index contributed by atoms with van der Waals surface area (Å²) in [7, 11) is 0. The number of amides is 1. The Labute approximate surface area is 129 Å². The fourth-order valence-electron chi connectivity index (χ4n) is 3.54. The van der Waals surface area contributed by atoms with Gasteiger partial charge >= 0.3 is 0 Å². The molecule has 2 aliphatic rings. The van der Waals surface area contributed by atoms with E-state index in [9.17, 15) is 4.79 Å². The Bertz CT molecular complexity index is 696. The maximum absolute atomic E-state index is 12.5. The van der Waals surface area contributed by atoms with Crippen LogP contribution in [0.4, 0.5) is 5.82 Å². The third-order valence-electron chi connectivity index (χ3n) is 5.11. The molecular formula is C17H21N3O2. The normalized spacial score (nSPS) is 21.9. The fraction of sp³-hybridized carbons (Fsp3) is 0.529. The minimum atomic E-state index is 0.146. The first kappa shape index (κ1) is 13.6. The summed E-state index contributed by atoms with van der Waals surface area (Å²) in [5, 5.41) is 7.64. The van der Waals surface area contributed by atoms with Crippen molar-refractivity contribution in [1.82, 2.24) is 9.78 Å². The van der Waals surface area contributed by atoms with Crippen LogP contribution in [0.3, 0.4) is 0 Å². The lowest BCUT2D eigenvalue weighted by Crippen LogP contribution is -2.24. The van der Waals surface area contributed by atoms with E-state index in [4.69, 9.17) is 4.42 Å². The molecule has 0 bridgehead atoms. The number of carbonyl (C=O) groups excluding carboxylic acids is 1. The van der Waals surface area contributed by atoms with Crippen LogP contribution in [0, 0.1) is 11.3 Å². The fourth-order valence-corrected chi connectivity index (χ4v) is 3.54. The van der Waals surface area contributed by atoms with Crippen molar-refractivity contribution < 1.29 is 9.21 Å². The lowest BCUT2D eigenvalue weighted by molar-refractivity contribution is -0.118. The molecule has 1 unspecified atom stereocenters. The molecule has 22 heavy (non-hydrogen) atoms. The van der Waals surface area contributed by atoms with Crippen molar-refractivity contribution in [3.8, 4) is 11.5 Å². The van der Waals surface area contributed by atoms with Gasteiger partial charge < -0.3 is 9.73 Å². The summed E-state index contributed by atoms with van der Waals surface area (Å²) in [6.07, 6.45) is 6.39. The Balaban J connectivity index is 1.56. The van der Waals surface area contributed by atoms with Gasteiger partial charge in [0.15, 0.2) is 5.76 Å². The van der Waals surface area contributed by atoms with Crippen LogP contribution < -0.4 is 5.32 Å². The quantitative estimate of drug-likeness (QED) is 0.932. The van der Waals surface area contributed by atoms with Gasteiger partial charge in [0.05, 0.1) is 6.26 Å². The first-order valence-electron chi connectivity index (χ1n) is 8.03. The molecule has 1 atom stereocenters. The van der Waals surface area contributed by atoms with Gasteiger partial charge in [-0.1, -0.05) is 6.42 Å². The molecule has 5 nitrogen and oxygen atoms in total. The molecule has 0 aliphatic heterocycles. The molecule has 2 heterocycles. The van der Waals surface area contributed by atoms with Crippen LogP contribution in [0.2, 0.25) is 0 Å². The molecule has 2 saturated carbocycles. The molecule has 2 aliphatic carbocycles. The van der Waals surface area contributed by atoms with Crippen molar-refractivity contribution in [2.24, 2.45) is 11.3 Å². The van der Waals surface area contributed by atoms with Crippen LogP contribution >= 0.6 is 0 Å². The second kappa shape index (κ2) is 4.73. The highest BCUT2D eigenvalue weighted by molar-refractivity contribution is 5.95. The summed E-state index contributed by atoms with van der Waals surface area (Å²) in [6.45, 7) is 4.11. The topological polar surface area (TPSA) is 60.1 Å². The van der Waals surface area contributed by atoms with Crippen molar-refractivity contribution in [3.63, 3.8) is 0 Å². The minimum Gasteiger partial charge on any atom is -0.463 e. The van der Waals surface area contributed by atoms with Gasteiger partial charge in [-0.15, -0.1) is 0 Å². The van der Waals surface area contributed by atoms with Gasteiger partial charge in [0.2, 0.25) is 5.91 Å². The van der Waals surface area contributed by atoms with Crippen molar-refractivity contribution in [2.75, 3.05) is 5.32 Å². The largest absolute Gasteiger partial charge is 0.463 e. The predicted octanol–water partition coefficient (Wildman–Crippen LogP) is 3.85. The zero-order valence-electron chi connectivity index (χ0n) is 13.0. The zero-order chi connectivity index (χ0) is 15.3. The van der Waals surface area contributed by atoms with Crippen LogP contribution in [0.25, 0.3) is 11.5 Å². The Morgan fingerprint density at radius 1 is 1.50 bits per heavy atom. The number of aromatic nitrogens is 2. The first-order valence-corrected chi connectivity index (χ1v) is 8.03. The molecule has 2 aromatic rings. The predicted molar refractivity (Wildman–Crippen MR) is 83.3 cm³/mol. The van der Waals surface area contributed by atoms with E-state index >= 15 is 0 Å². The minimum absolute atomic E-state index is 0.146. The summed E-state index contributed by atoms with van der Waals surface area (Å²) < 4.78 is 7.26. The Kier molecular flexibility index (Phi) is 2.93. The van der Waals surface area contributed by atoms with Gasteiger partial charge in [0.1, 0.15) is 11.5 Å². The summed E-state index contributed by atoms with van der Waals surface area (Å²) >= 11 is 0. The van der Waals surface area contributed by atoms with E-state index in [2.05, 4.69) is 24.3 Å². The molecule has 1 spiro atoms. The summed E-state index contributed by atoms with van der Waals surface area (Å²) in [4.78, 5) is 12.5. The molecule has 2 aromatic heterocycles. The standard InChI is InChI=1S/C17H21N3O2/c1-11(2)20-15(9-13(19-20)14-5-3-8-22-14)18-16(21)12-10-17(12)6-4-7-17/h3,5,8-9,11-12H,4,6-7,10H2,1-2H3,(H,18,21). The second-order valence-electron chi connectivity index (χ2n) is 6.89. The van der Waals surface area contributed by atoms with E-state index in [1.165, 1.54) is 19.3 Å². The van der Waals surface area contributed by atoms with Gasteiger partial charge in [0.25, 0.3) is 0 Å². The van der Waals surface area contributed by atoms with E-state index in [0.29, 0.717) is 5.41 Å². The highest BCUT2D eigenvalue weighted by Crippen LogP contribution is 2.65. The van der Waals surface area contributed by atoms with Crippen molar-refractivity contribution in [1.29, 1.82) is 0 Å². The van der Waals surface area contributed by atoms with Crippen LogP contribution in [-0.4, -0.2) is 15.7 Å². The Hall–Kier alpha value is -2.04. The van der Waals surface area contributed by atoms with Gasteiger partial charge in [-0.05, 0) is 50.7 Å². The number of rotatable bonds is 4. The van der Waals surface area contributed by atoms with E-state index in [1.54, 1.807) is 6.26 Å². The third kappa shape index (κ3) is 2.07. The number of nitrogens with one attached hydrogen (secondary N) is 1. The molecule has 0 radical (unpaired) electrons. The number of hydrogen-bond acceptors (Lipinski definition) is 3. The van der Waals surface area contributed by atoms with E-state index < -0.39 is 0 Å². The average Bonchev–Trinajstić information content (AvgIpc) is 2.80. The number of carbonyl (C=O) groups is 1. The summed E-state index contributed by atoms with van der Waals surface area (Å²) in [5.41, 5.74) is 1.10. The van der Waals surface area contributed by atoms with Crippen molar-refractivity contribution in [2.45, 2.75) is 45.6 Å². The molecule has 4 rings (SSSR count). The number of hydrogen-bond donors (Lipinski definition) is 1. The molecule has 116 valence electrons. The van der Waals surface area contributed by atoms with Crippen LogP contribution in [0.1, 0.15) is 45.6 Å². The summed E-state index contributed by atoms with van der Waals surface area (Å²) in [5.74, 6) is 1.82. The SMILES string of the molecule is CC(C)n1nc(-c2ccco2)cc1NC(=O)C1CC12CCC2. The van der Waals surface area contributed by atoms with Crippen molar-refractivity contribution >= 4 is 11.7 Å².